The summed E-state index contributed by atoms with van der Waals surface area (Å²) in [4.78, 5) is 8.79. The molecule has 0 amide bonds. The van der Waals surface area contributed by atoms with Crippen LogP contribution in [0.1, 0.15) is 5.56 Å². The average molecular weight is 290 g/mol. The van der Waals surface area contributed by atoms with Gasteiger partial charge in [0.1, 0.15) is 17.4 Å². The van der Waals surface area contributed by atoms with E-state index in [9.17, 15) is 0 Å². The van der Waals surface area contributed by atoms with Crippen LogP contribution in [-0.2, 0) is 0 Å². The van der Waals surface area contributed by atoms with Gasteiger partial charge < -0.3 is 15.4 Å². The van der Waals surface area contributed by atoms with E-state index >= 15 is 0 Å². The second-order valence-electron chi connectivity index (χ2n) is 4.18. The number of thioether (sulfide) groups is 1. The fourth-order valence-corrected chi connectivity index (χ4v) is 2.13. The van der Waals surface area contributed by atoms with Gasteiger partial charge in [0.25, 0.3) is 0 Å². The van der Waals surface area contributed by atoms with Crippen LogP contribution in [-0.4, -0.2) is 30.4 Å². The molecule has 2 rings (SSSR count). The number of rotatable bonds is 5. The maximum Gasteiger partial charge on any atom is 0.191 e. The second kappa shape index (κ2) is 6.47. The van der Waals surface area contributed by atoms with Crippen LogP contribution in [0.5, 0.6) is 5.75 Å². The number of nitrogens with zero attached hydrogens (tertiary/aromatic N) is 2. The normalized spacial score (nSPS) is 10.2. The number of methoxy groups -OCH3 is 1. The molecule has 0 aliphatic carbocycles. The largest absolute Gasteiger partial charge is 0.497 e. The number of benzene rings is 1. The van der Waals surface area contributed by atoms with Gasteiger partial charge in [0.15, 0.2) is 5.16 Å². The van der Waals surface area contributed by atoms with Crippen LogP contribution in [0.15, 0.2) is 29.4 Å². The van der Waals surface area contributed by atoms with Crippen molar-refractivity contribution < 1.29 is 4.74 Å². The molecule has 0 radical (unpaired) electrons. The van der Waals surface area contributed by atoms with Gasteiger partial charge in [0.2, 0.25) is 0 Å². The van der Waals surface area contributed by atoms with Crippen molar-refractivity contribution >= 4 is 29.1 Å². The third-order valence-corrected chi connectivity index (χ3v) is 3.39. The van der Waals surface area contributed by atoms with Crippen LogP contribution < -0.4 is 15.4 Å². The lowest BCUT2D eigenvalue weighted by Crippen LogP contribution is -2.01. The highest BCUT2D eigenvalue weighted by atomic mass is 32.2. The van der Waals surface area contributed by atoms with Crippen LogP contribution >= 0.6 is 11.8 Å². The molecule has 1 aromatic carbocycles. The Hall–Kier alpha value is -1.95. The Bertz CT molecular complexity index is 581. The van der Waals surface area contributed by atoms with Gasteiger partial charge in [0.05, 0.1) is 7.11 Å². The molecule has 0 unspecified atom stereocenters. The quantitative estimate of drug-likeness (QED) is 0.651. The first kappa shape index (κ1) is 14.5. The lowest BCUT2D eigenvalue weighted by atomic mass is 10.2. The lowest BCUT2D eigenvalue weighted by molar-refractivity contribution is 0.414. The van der Waals surface area contributed by atoms with E-state index in [2.05, 4.69) is 20.6 Å². The molecule has 20 heavy (non-hydrogen) atoms. The minimum Gasteiger partial charge on any atom is -0.497 e. The monoisotopic (exact) mass is 290 g/mol. The topological polar surface area (TPSA) is 59.1 Å². The lowest BCUT2D eigenvalue weighted by Gasteiger charge is -2.12. The summed E-state index contributed by atoms with van der Waals surface area (Å²) in [6.45, 7) is 2.03. The molecule has 0 bridgehead atoms. The van der Waals surface area contributed by atoms with Gasteiger partial charge >= 0.3 is 0 Å². The highest BCUT2D eigenvalue weighted by Gasteiger charge is 2.06. The number of hydrogen-bond acceptors (Lipinski definition) is 6. The maximum atomic E-state index is 5.21. The predicted molar refractivity (Wildman–Crippen MR) is 84.4 cm³/mol. The van der Waals surface area contributed by atoms with E-state index < -0.39 is 0 Å². The summed E-state index contributed by atoms with van der Waals surface area (Å²) in [6, 6.07) is 7.76. The molecule has 5 nitrogen and oxygen atoms in total. The minimum absolute atomic E-state index is 0.727. The summed E-state index contributed by atoms with van der Waals surface area (Å²) in [6.07, 6.45) is 1.96. The van der Waals surface area contributed by atoms with Crippen molar-refractivity contribution in [2.75, 3.05) is 31.0 Å². The van der Waals surface area contributed by atoms with Crippen molar-refractivity contribution in [3.05, 3.63) is 29.8 Å². The van der Waals surface area contributed by atoms with Gasteiger partial charge in [-0.1, -0.05) is 11.8 Å². The molecular formula is C14H18N4OS. The Morgan fingerprint density at radius 3 is 2.50 bits per heavy atom. The SMILES string of the molecule is CNc1cc(Nc2ccc(OC)cc2C)nc(SC)n1. The van der Waals surface area contributed by atoms with E-state index in [0.29, 0.717) is 0 Å². The maximum absolute atomic E-state index is 5.21. The van der Waals surface area contributed by atoms with Crippen LogP contribution in [0.4, 0.5) is 17.3 Å². The summed E-state index contributed by atoms with van der Waals surface area (Å²) < 4.78 is 5.21. The van der Waals surface area contributed by atoms with Gasteiger partial charge in [-0.2, -0.15) is 0 Å². The molecule has 106 valence electrons. The van der Waals surface area contributed by atoms with Gasteiger partial charge in [-0.3, -0.25) is 0 Å². The second-order valence-corrected chi connectivity index (χ2v) is 4.95. The third kappa shape index (κ3) is 3.33. The Morgan fingerprint density at radius 2 is 1.90 bits per heavy atom. The van der Waals surface area contributed by atoms with E-state index in [1.165, 1.54) is 11.8 Å². The first-order valence-electron chi connectivity index (χ1n) is 6.18. The van der Waals surface area contributed by atoms with Crippen molar-refractivity contribution in [1.82, 2.24) is 9.97 Å². The van der Waals surface area contributed by atoms with E-state index in [1.54, 1.807) is 7.11 Å². The molecule has 0 saturated carbocycles. The molecule has 0 spiro atoms. The molecule has 0 aliphatic heterocycles. The van der Waals surface area contributed by atoms with Gasteiger partial charge in [-0.25, -0.2) is 9.97 Å². The van der Waals surface area contributed by atoms with Crippen molar-refractivity contribution in [2.45, 2.75) is 12.1 Å². The van der Waals surface area contributed by atoms with E-state index in [1.807, 2.05) is 44.5 Å². The molecule has 0 fully saturated rings. The zero-order chi connectivity index (χ0) is 14.5. The Labute approximate surface area is 123 Å². The number of anilines is 3. The molecular weight excluding hydrogens is 272 g/mol. The van der Waals surface area contributed by atoms with Crippen LogP contribution in [0.25, 0.3) is 0 Å². The molecule has 1 heterocycles. The Morgan fingerprint density at radius 1 is 1.15 bits per heavy atom. The summed E-state index contributed by atoms with van der Waals surface area (Å²) in [5, 5.41) is 7.08. The zero-order valence-corrected chi connectivity index (χ0v) is 12.8. The van der Waals surface area contributed by atoms with Crippen molar-refractivity contribution in [1.29, 1.82) is 0 Å². The molecule has 0 saturated heterocycles. The zero-order valence-electron chi connectivity index (χ0n) is 12.0. The number of ether oxygens (including phenoxy) is 1. The molecule has 2 aromatic rings. The van der Waals surface area contributed by atoms with Gasteiger partial charge in [0, 0.05) is 18.8 Å². The number of hydrogen-bond donors (Lipinski definition) is 2. The summed E-state index contributed by atoms with van der Waals surface area (Å²) in [5.41, 5.74) is 2.10. The van der Waals surface area contributed by atoms with Crippen LogP contribution in [0.3, 0.4) is 0 Å². The number of aromatic nitrogens is 2. The first-order valence-corrected chi connectivity index (χ1v) is 7.41. The Balaban J connectivity index is 2.29. The van der Waals surface area contributed by atoms with Crippen molar-refractivity contribution in [2.24, 2.45) is 0 Å². The predicted octanol–water partition coefficient (Wildman–Crippen LogP) is 3.30. The van der Waals surface area contributed by atoms with E-state index in [-0.39, 0.29) is 0 Å². The first-order chi connectivity index (χ1) is 9.66. The fraction of sp³-hybridized carbons (Fsp3) is 0.286. The van der Waals surface area contributed by atoms with Crippen molar-refractivity contribution in [3.8, 4) is 5.75 Å². The number of aryl methyl sites for hydroxylation is 1. The van der Waals surface area contributed by atoms with Gasteiger partial charge in [-0.15, -0.1) is 0 Å². The van der Waals surface area contributed by atoms with E-state index in [0.717, 1.165) is 33.8 Å². The number of nitrogens with one attached hydrogen (secondary N) is 2. The summed E-state index contributed by atoms with van der Waals surface area (Å²) in [7, 11) is 3.51. The molecule has 1 aromatic heterocycles. The summed E-state index contributed by atoms with van der Waals surface area (Å²) >= 11 is 1.51. The Kier molecular flexibility index (Phi) is 4.68. The molecule has 2 N–H and O–H groups in total. The summed E-state index contributed by atoms with van der Waals surface area (Å²) in [5.74, 6) is 2.40. The molecule has 0 atom stereocenters. The smallest absolute Gasteiger partial charge is 0.191 e. The van der Waals surface area contributed by atoms with Crippen LogP contribution in [0.2, 0.25) is 0 Å². The van der Waals surface area contributed by atoms with Crippen LogP contribution in [0, 0.1) is 6.92 Å². The molecule has 6 heteroatoms. The highest BCUT2D eigenvalue weighted by molar-refractivity contribution is 7.98. The molecule has 0 aliphatic rings. The highest BCUT2D eigenvalue weighted by Crippen LogP contribution is 2.25. The standard InChI is InChI=1S/C14H18N4OS/c1-9-7-10(19-3)5-6-11(9)16-13-8-12(15-2)17-14(18-13)20-4/h5-8H,1-4H3,(H2,15,16,17,18). The average Bonchev–Trinajstić information content (AvgIpc) is 2.48. The van der Waals surface area contributed by atoms with Crippen molar-refractivity contribution in [3.63, 3.8) is 0 Å². The minimum atomic E-state index is 0.727. The fourth-order valence-electron chi connectivity index (χ4n) is 1.75. The third-order valence-electron chi connectivity index (χ3n) is 2.84. The van der Waals surface area contributed by atoms with E-state index in [4.69, 9.17) is 4.74 Å². The van der Waals surface area contributed by atoms with Gasteiger partial charge in [-0.05, 0) is 36.9 Å².